The number of carbonyl (C=O) groups is 1. The quantitative estimate of drug-likeness (QED) is 0.776. The van der Waals surface area contributed by atoms with Gasteiger partial charge in [-0.05, 0) is 50.2 Å². The Hall–Kier alpha value is -1.99. The molecule has 1 aliphatic rings. The van der Waals surface area contributed by atoms with Crippen LogP contribution < -0.4 is 4.74 Å². The fourth-order valence-electron chi connectivity index (χ4n) is 3.10. The average Bonchev–Trinajstić information content (AvgIpc) is 3.08. The zero-order valence-electron chi connectivity index (χ0n) is 15.2. The van der Waals surface area contributed by atoms with Crippen molar-refractivity contribution < 1.29 is 13.9 Å². The summed E-state index contributed by atoms with van der Waals surface area (Å²) in [5, 5.41) is 2.96. The molecule has 2 heterocycles. The summed E-state index contributed by atoms with van der Waals surface area (Å²) in [6.45, 7) is 3.03. The van der Waals surface area contributed by atoms with Crippen molar-refractivity contribution in [2.75, 3.05) is 27.2 Å². The fraction of sp³-hybridized carbons (Fsp3) is 0.474. The standard InChI is InChI=1S/C19H24FN3O2S/c1-22(2)19(24)14-7-9-23(10-8-14)11-16-13-26-18(21-16)12-25-17-5-3-15(20)4-6-17/h3-6,13-14H,7-12H2,1-2H3. The molecule has 1 amide bonds. The lowest BCUT2D eigenvalue weighted by Crippen LogP contribution is -2.39. The second-order valence-corrected chi connectivity index (χ2v) is 7.70. The maximum Gasteiger partial charge on any atom is 0.225 e. The van der Waals surface area contributed by atoms with Crippen LogP contribution in [0.2, 0.25) is 0 Å². The predicted molar refractivity (Wildman–Crippen MR) is 99.5 cm³/mol. The van der Waals surface area contributed by atoms with Gasteiger partial charge in [-0.25, -0.2) is 9.37 Å². The molecule has 3 rings (SSSR count). The van der Waals surface area contributed by atoms with Crippen molar-refractivity contribution in [1.82, 2.24) is 14.8 Å². The zero-order valence-corrected chi connectivity index (χ0v) is 16.0. The van der Waals surface area contributed by atoms with Crippen LogP contribution in [0.3, 0.4) is 0 Å². The number of ether oxygens (including phenoxy) is 1. The van der Waals surface area contributed by atoms with Crippen molar-refractivity contribution in [3.8, 4) is 5.75 Å². The van der Waals surface area contributed by atoms with Crippen LogP contribution in [0.1, 0.15) is 23.5 Å². The fourth-order valence-corrected chi connectivity index (χ4v) is 3.79. The normalized spacial score (nSPS) is 15.8. The monoisotopic (exact) mass is 377 g/mol. The summed E-state index contributed by atoms with van der Waals surface area (Å²) in [4.78, 5) is 20.7. The van der Waals surface area contributed by atoms with Gasteiger partial charge in [-0.3, -0.25) is 9.69 Å². The van der Waals surface area contributed by atoms with Gasteiger partial charge in [-0.2, -0.15) is 0 Å². The van der Waals surface area contributed by atoms with Crippen LogP contribution in [-0.2, 0) is 17.9 Å². The van der Waals surface area contributed by atoms with Crippen LogP contribution in [0.15, 0.2) is 29.6 Å². The molecular weight excluding hydrogens is 353 g/mol. The van der Waals surface area contributed by atoms with E-state index in [1.165, 1.54) is 12.1 Å². The van der Waals surface area contributed by atoms with E-state index in [9.17, 15) is 9.18 Å². The van der Waals surface area contributed by atoms with E-state index in [1.807, 2.05) is 14.1 Å². The third-order valence-electron chi connectivity index (χ3n) is 4.54. The van der Waals surface area contributed by atoms with Crippen molar-refractivity contribution >= 4 is 17.2 Å². The minimum atomic E-state index is -0.273. The number of carbonyl (C=O) groups excluding carboxylic acids is 1. The summed E-state index contributed by atoms with van der Waals surface area (Å²) in [6, 6.07) is 5.99. The lowest BCUT2D eigenvalue weighted by Gasteiger charge is -2.31. The second kappa shape index (κ2) is 8.60. The Bertz CT molecular complexity index is 725. The third kappa shape index (κ3) is 5.02. The SMILES string of the molecule is CN(C)C(=O)C1CCN(Cc2csc(COc3ccc(F)cc3)n2)CC1. The molecule has 0 unspecified atom stereocenters. The molecule has 0 spiro atoms. The Balaban J connectivity index is 1.45. The molecule has 0 saturated carbocycles. The van der Waals surface area contributed by atoms with Gasteiger partial charge in [0.05, 0.1) is 5.69 Å². The molecule has 0 bridgehead atoms. The molecule has 1 aromatic heterocycles. The highest BCUT2D eigenvalue weighted by molar-refractivity contribution is 7.09. The van der Waals surface area contributed by atoms with Crippen molar-refractivity contribution in [1.29, 1.82) is 0 Å². The summed E-state index contributed by atoms with van der Waals surface area (Å²) >= 11 is 1.57. The molecule has 0 aliphatic carbocycles. The molecule has 5 nitrogen and oxygen atoms in total. The molecule has 1 aliphatic heterocycles. The number of hydrogen-bond donors (Lipinski definition) is 0. The highest BCUT2D eigenvalue weighted by Gasteiger charge is 2.26. The Morgan fingerprint density at radius 2 is 2.00 bits per heavy atom. The van der Waals surface area contributed by atoms with E-state index in [4.69, 9.17) is 4.74 Å². The largest absolute Gasteiger partial charge is 0.486 e. The van der Waals surface area contributed by atoms with Gasteiger partial charge in [0, 0.05) is 31.9 Å². The first-order valence-electron chi connectivity index (χ1n) is 8.76. The van der Waals surface area contributed by atoms with Crippen molar-refractivity contribution in [2.24, 2.45) is 5.92 Å². The summed E-state index contributed by atoms with van der Waals surface area (Å²) in [5.41, 5.74) is 1.03. The molecule has 140 valence electrons. The van der Waals surface area contributed by atoms with E-state index >= 15 is 0 Å². The van der Waals surface area contributed by atoms with E-state index < -0.39 is 0 Å². The molecule has 7 heteroatoms. The van der Waals surface area contributed by atoms with Gasteiger partial charge in [0.2, 0.25) is 5.91 Å². The molecule has 2 aromatic rings. The Morgan fingerprint density at radius 3 is 2.65 bits per heavy atom. The van der Waals surface area contributed by atoms with Crippen molar-refractivity contribution in [3.63, 3.8) is 0 Å². The number of likely N-dealkylation sites (tertiary alicyclic amines) is 1. The number of rotatable bonds is 6. The minimum absolute atomic E-state index is 0.149. The summed E-state index contributed by atoms with van der Waals surface area (Å²) < 4.78 is 18.5. The van der Waals surface area contributed by atoms with Gasteiger partial charge in [0.1, 0.15) is 23.2 Å². The molecule has 0 atom stereocenters. The first-order chi connectivity index (χ1) is 12.5. The molecule has 1 fully saturated rings. The Labute approximate surface area is 157 Å². The van der Waals surface area contributed by atoms with E-state index in [0.29, 0.717) is 12.4 Å². The molecule has 0 radical (unpaired) electrons. The van der Waals surface area contributed by atoms with Crippen molar-refractivity contribution in [3.05, 3.63) is 46.2 Å². The lowest BCUT2D eigenvalue weighted by molar-refractivity contribution is -0.134. The van der Waals surface area contributed by atoms with E-state index in [0.717, 1.165) is 43.2 Å². The number of benzene rings is 1. The summed E-state index contributed by atoms with van der Waals surface area (Å²) in [6.07, 6.45) is 1.81. The highest BCUT2D eigenvalue weighted by Crippen LogP contribution is 2.22. The number of halogens is 1. The van der Waals surface area contributed by atoms with Gasteiger partial charge >= 0.3 is 0 Å². The number of piperidine rings is 1. The Morgan fingerprint density at radius 1 is 1.31 bits per heavy atom. The van der Waals surface area contributed by atoms with Crippen LogP contribution in [0.25, 0.3) is 0 Å². The van der Waals surface area contributed by atoms with Gasteiger partial charge in [-0.1, -0.05) is 0 Å². The maximum absolute atomic E-state index is 12.9. The van der Waals surface area contributed by atoms with Gasteiger partial charge in [0.25, 0.3) is 0 Å². The average molecular weight is 377 g/mol. The number of thiazole rings is 1. The summed E-state index contributed by atoms with van der Waals surface area (Å²) in [7, 11) is 3.64. The molecule has 26 heavy (non-hydrogen) atoms. The van der Waals surface area contributed by atoms with E-state index in [2.05, 4.69) is 15.3 Å². The number of nitrogens with zero attached hydrogens (tertiary/aromatic N) is 3. The predicted octanol–water partition coefficient (Wildman–Crippen LogP) is 3.16. The van der Waals surface area contributed by atoms with E-state index in [-0.39, 0.29) is 17.6 Å². The zero-order chi connectivity index (χ0) is 18.5. The smallest absolute Gasteiger partial charge is 0.225 e. The topological polar surface area (TPSA) is 45.7 Å². The number of aromatic nitrogens is 1. The lowest BCUT2D eigenvalue weighted by atomic mass is 9.95. The first kappa shape index (κ1) is 18.8. The van der Waals surface area contributed by atoms with E-state index in [1.54, 1.807) is 28.4 Å². The van der Waals surface area contributed by atoms with Crippen LogP contribution in [0.5, 0.6) is 5.75 Å². The maximum atomic E-state index is 12.9. The van der Waals surface area contributed by atoms with Gasteiger partial charge in [0.15, 0.2) is 0 Å². The molecule has 1 aromatic carbocycles. The Kier molecular flexibility index (Phi) is 6.21. The third-order valence-corrected chi connectivity index (χ3v) is 5.41. The molecular formula is C19H24FN3O2S. The molecule has 0 N–H and O–H groups in total. The number of amides is 1. The van der Waals surface area contributed by atoms with Crippen molar-refractivity contribution in [2.45, 2.75) is 26.0 Å². The van der Waals surface area contributed by atoms with Gasteiger partial charge in [-0.15, -0.1) is 11.3 Å². The number of hydrogen-bond acceptors (Lipinski definition) is 5. The second-order valence-electron chi connectivity index (χ2n) is 6.76. The molecule has 1 saturated heterocycles. The van der Waals surface area contributed by atoms with Crippen LogP contribution in [-0.4, -0.2) is 47.9 Å². The minimum Gasteiger partial charge on any atom is -0.486 e. The van der Waals surface area contributed by atoms with Crippen LogP contribution >= 0.6 is 11.3 Å². The highest BCUT2D eigenvalue weighted by atomic mass is 32.1. The van der Waals surface area contributed by atoms with Crippen LogP contribution in [0, 0.1) is 11.7 Å². The summed E-state index contributed by atoms with van der Waals surface area (Å²) in [5.74, 6) is 0.746. The van der Waals surface area contributed by atoms with Crippen LogP contribution in [0.4, 0.5) is 4.39 Å². The first-order valence-corrected chi connectivity index (χ1v) is 9.64. The van der Waals surface area contributed by atoms with Gasteiger partial charge < -0.3 is 9.64 Å².